The first-order chi connectivity index (χ1) is 10.8. The molecule has 5 nitrogen and oxygen atoms in total. The summed E-state index contributed by atoms with van der Waals surface area (Å²) in [5.41, 5.74) is 1.76. The first kappa shape index (κ1) is 14.5. The average molecular weight is 293 g/mol. The monoisotopic (exact) mass is 293 g/mol. The van der Waals surface area contributed by atoms with Gasteiger partial charge in [-0.2, -0.15) is 5.26 Å². The molecule has 0 aliphatic carbocycles. The highest BCUT2D eigenvalue weighted by Crippen LogP contribution is 2.14. The summed E-state index contributed by atoms with van der Waals surface area (Å²) in [6.45, 7) is 5.07. The Morgan fingerprint density at radius 2 is 1.91 bits per heavy atom. The maximum absolute atomic E-state index is 8.81. The maximum atomic E-state index is 8.81. The molecule has 0 aromatic carbocycles. The number of hydrogen-bond donors (Lipinski definition) is 0. The van der Waals surface area contributed by atoms with Gasteiger partial charge in [0.15, 0.2) is 0 Å². The molecule has 3 heterocycles. The summed E-state index contributed by atoms with van der Waals surface area (Å²) in [6, 6.07) is 11.9. The topological polar surface area (TPSA) is 56.1 Å². The molecule has 0 N–H and O–H groups in total. The van der Waals surface area contributed by atoms with Crippen LogP contribution in [0, 0.1) is 11.3 Å². The highest BCUT2D eigenvalue weighted by atomic mass is 15.3. The van der Waals surface area contributed by atoms with Crippen LogP contribution in [0.3, 0.4) is 0 Å². The summed E-state index contributed by atoms with van der Waals surface area (Å²) in [6.07, 6.45) is 4.49. The third kappa shape index (κ3) is 3.60. The van der Waals surface area contributed by atoms with Crippen molar-refractivity contribution in [1.82, 2.24) is 14.9 Å². The maximum Gasteiger partial charge on any atom is 0.128 e. The molecule has 1 aliphatic rings. The quantitative estimate of drug-likeness (QED) is 0.859. The second kappa shape index (κ2) is 7.01. The van der Waals surface area contributed by atoms with Crippen LogP contribution in [0.15, 0.2) is 42.7 Å². The third-order valence-corrected chi connectivity index (χ3v) is 3.98. The molecule has 0 amide bonds. The number of anilines is 1. The van der Waals surface area contributed by atoms with E-state index in [4.69, 9.17) is 5.26 Å². The molecule has 0 radical (unpaired) electrons. The Labute approximate surface area is 130 Å². The van der Waals surface area contributed by atoms with Crippen molar-refractivity contribution in [2.24, 2.45) is 0 Å². The van der Waals surface area contributed by atoms with E-state index in [0.29, 0.717) is 5.56 Å². The zero-order valence-corrected chi connectivity index (χ0v) is 12.5. The molecule has 2 aromatic rings. The minimum absolute atomic E-state index is 0.609. The number of nitrogens with zero attached hydrogens (tertiary/aromatic N) is 5. The normalized spacial score (nSPS) is 15.5. The Morgan fingerprint density at radius 3 is 2.55 bits per heavy atom. The van der Waals surface area contributed by atoms with Crippen LogP contribution in [0.2, 0.25) is 0 Å². The van der Waals surface area contributed by atoms with Crippen LogP contribution in [0.25, 0.3) is 0 Å². The number of pyridine rings is 2. The molecule has 3 rings (SSSR count). The summed E-state index contributed by atoms with van der Waals surface area (Å²) in [4.78, 5) is 13.5. The van der Waals surface area contributed by atoms with E-state index in [2.05, 4.69) is 31.9 Å². The molecule has 112 valence electrons. The molecule has 1 fully saturated rings. The molecule has 0 saturated carbocycles. The lowest BCUT2D eigenvalue weighted by atomic mass is 10.2. The van der Waals surface area contributed by atoms with Gasteiger partial charge in [-0.05, 0) is 24.3 Å². The lowest BCUT2D eigenvalue weighted by molar-refractivity contribution is 0.259. The minimum atomic E-state index is 0.609. The van der Waals surface area contributed by atoms with Crippen LogP contribution in [0.4, 0.5) is 5.82 Å². The Hall–Kier alpha value is -2.45. The highest BCUT2D eigenvalue weighted by Gasteiger charge is 2.17. The van der Waals surface area contributed by atoms with Gasteiger partial charge in [-0.1, -0.05) is 6.07 Å². The van der Waals surface area contributed by atoms with E-state index in [-0.39, 0.29) is 0 Å². The predicted octanol–water partition coefficient (Wildman–Crippen LogP) is 1.71. The summed E-state index contributed by atoms with van der Waals surface area (Å²) >= 11 is 0. The zero-order chi connectivity index (χ0) is 15.2. The molecule has 0 unspecified atom stereocenters. The average Bonchev–Trinajstić information content (AvgIpc) is 2.61. The van der Waals surface area contributed by atoms with E-state index in [1.165, 1.54) is 0 Å². The fourth-order valence-electron chi connectivity index (χ4n) is 2.66. The van der Waals surface area contributed by atoms with Gasteiger partial charge in [0.05, 0.1) is 5.56 Å². The molecular formula is C17H19N5. The van der Waals surface area contributed by atoms with Crippen molar-refractivity contribution in [2.45, 2.75) is 6.42 Å². The standard InChI is InChI=1S/C17H19N5/c18-13-15-4-5-17(20-14-15)22-11-9-21(10-12-22)8-6-16-3-1-2-7-19-16/h1-5,7,14H,6,8-12H2. The molecule has 2 aromatic heterocycles. The van der Waals surface area contributed by atoms with Crippen molar-refractivity contribution < 1.29 is 0 Å². The number of piperazine rings is 1. The van der Waals surface area contributed by atoms with E-state index in [0.717, 1.165) is 50.7 Å². The van der Waals surface area contributed by atoms with Gasteiger partial charge >= 0.3 is 0 Å². The molecule has 1 saturated heterocycles. The van der Waals surface area contributed by atoms with E-state index < -0.39 is 0 Å². The second-order valence-electron chi connectivity index (χ2n) is 5.42. The Kier molecular flexibility index (Phi) is 4.62. The molecule has 1 aliphatic heterocycles. The Morgan fingerprint density at radius 1 is 1.05 bits per heavy atom. The minimum Gasteiger partial charge on any atom is -0.354 e. The van der Waals surface area contributed by atoms with Crippen LogP contribution in [-0.2, 0) is 6.42 Å². The van der Waals surface area contributed by atoms with E-state index in [1.54, 1.807) is 6.20 Å². The molecule has 0 atom stereocenters. The Bertz CT molecular complexity index is 624. The van der Waals surface area contributed by atoms with E-state index in [9.17, 15) is 0 Å². The molecule has 5 heteroatoms. The van der Waals surface area contributed by atoms with Crippen molar-refractivity contribution in [1.29, 1.82) is 5.26 Å². The zero-order valence-electron chi connectivity index (χ0n) is 12.5. The summed E-state index contributed by atoms with van der Waals surface area (Å²) in [7, 11) is 0. The number of rotatable bonds is 4. The van der Waals surface area contributed by atoms with Crippen LogP contribution >= 0.6 is 0 Å². The lowest BCUT2D eigenvalue weighted by Crippen LogP contribution is -2.47. The van der Waals surface area contributed by atoms with Crippen molar-refractivity contribution in [3.05, 3.63) is 54.0 Å². The van der Waals surface area contributed by atoms with Gasteiger partial charge in [0, 0.05) is 57.2 Å². The van der Waals surface area contributed by atoms with Gasteiger partial charge in [0.2, 0.25) is 0 Å². The van der Waals surface area contributed by atoms with E-state index >= 15 is 0 Å². The first-order valence-corrected chi connectivity index (χ1v) is 7.58. The predicted molar refractivity (Wildman–Crippen MR) is 85.5 cm³/mol. The lowest BCUT2D eigenvalue weighted by Gasteiger charge is -2.35. The highest BCUT2D eigenvalue weighted by molar-refractivity contribution is 5.42. The van der Waals surface area contributed by atoms with Crippen molar-refractivity contribution in [2.75, 3.05) is 37.6 Å². The van der Waals surface area contributed by atoms with Crippen molar-refractivity contribution >= 4 is 5.82 Å². The van der Waals surface area contributed by atoms with Crippen LogP contribution in [0.1, 0.15) is 11.3 Å². The van der Waals surface area contributed by atoms with Crippen LogP contribution < -0.4 is 4.90 Å². The largest absolute Gasteiger partial charge is 0.354 e. The van der Waals surface area contributed by atoms with Gasteiger partial charge in [0.25, 0.3) is 0 Å². The summed E-state index contributed by atoms with van der Waals surface area (Å²) in [5, 5.41) is 8.81. The van der Waals surface area contributed by atoms with Crippen molar-refractivity contribution in [3.63, 3.8) is 0 Å². The fraction of sp³-hybridized carbons (Fsp3) is 0.353. The second-order valence-corrected chi connectivity index (χ2v) is 5.42. The van der Waals surface area contributed by atoms with Gasteiger partial charge in [-0.3, -0.25) is 9.88 Å². The van der Waals surface area contributed by atoms with Gasteiger partial charge in [0.1, 0.15) is 11.9 Å². The smallest absolute Gasteiger partial charge is 0.128 e. The van der Waals surface area contributed by atoms with E-state index in [1.807, 2.05) is 30.5 Å². The number of hydrogen-bond acceptors (Lipinski definition) is 5. The van der Waals surface area contributed by atoms with Crippen LogP contribution in [0.5, 0.6) is 0 Å². The fourth-order valence-corrected chi connectivity index (χ4v) is 2.66. The van der Waals surface area contributed by atoms with Gasteiger partial charge in [-0.15, -0.1) is 0 Å². The molecule has 22 heavy (non-hydrogen) atoms. The number of aromatic nitrogens is 2. The van der Waals surface area contributed by atoms with Crippen molar-refractivity contribution in [3.8, 4) is 6.07 Å². The summed E-state index contributed by atoms with van der Waals surface area (Å²) < 4.78 is 0. The third-order valence-electron chi connectivity index (χ3n) is 3.98. The first-order valence-electron chi connectivity index (χ1n) is 7.58. The van der Waals surface area contributed by atoms with Crippen LogP contribution in [-0.4, -0.2) is 47.6 Å². The van der Waals surface area contributed by atoms with Gasteiger partial charge < -0.3 is 4.90 Å². The Balaban J connectivity index is 1.48. The summed E-state index contributed by atoms with van der Waals surface area (Å²) in [5.74, 6) is 0.961. The SMILES string of the molecule is N#Cc1ccc(N2CCN(CCc3ccccn3)CC2)nc1. The molecular weight excluding hydrogens is 274 g/mol. The molecule has 0 bridgehead atoms. The molecule has 0 spiro atoms. The number of nitriles is 1. The van der Waals surface area contributed by atoms with Gasteiger partial charge in [-0.25, -0.2) is 4.98 Å².